The molecule has 0 unspecified atom stereocenters. The van der Waals surface area contributed by atoms with E-state index in [9.17, 15) is 4.79 Å². The van der Waals surface area contributed by atoms with Gasteiger partial charge < -0.3 is 9.47 Å². The predicted molar refractivity (Wildman–Crippen MR) is 140 cm³/mol. The lowest BCUT2D eigenvalue weighted by Gasteiger charge is -2.08. The number of amides is 2. The van der Waals surface area contributed by atoms with Crippen molar-refractivity contribution in [3.8, 4) is 11.5 Å². The van der Waals surface area contributed by atoms with Gasteiger partial charge in [-0.05, 0) is 59.4 Å². The molecule has 7 nitrogen and oxygen atoms in total. The molecule has 2 aromatic rings. The van der Waals surface area contributed by atoms with Gasteiger partial charge in [0.25, 0.3) is 0 Å². The average molecular weight is 463 g/mol. The van der Waals surface area contributed by atoms with Gasteiger partial charge in [-0.15, -0.1) is 0 Å². The number of hydrogen-bond donors (Lipinski definition) is 2. The Balaban J connectivity index is 2.01. The number of hydrogen-bond acceptors (Lipinski definition) is 5. The number of benzene rings is 2. The van der Waals surface area contributed by atoms with Crippen LogP contribution in [0.25, 0.3) is 12.2 Å². The van der Waals surface area contributed by atoms with Gasteiger partial charge in [-0.1, -0.05) is 64.1 Å². The summed E-state index contributed by atoms with van der Waals surface area (Å²) < 4.78 is 10.4. The van der Waals surface area contributed by atoms with Crippen molar-refractivity contribution in [3.63, 3.8) is 0 Å². The van der Waals surface area contributed by atoms with Gasteiger partial charge in [-0.3, -0.25) is 0 Å². The summed E-state index contributed by atoms with van der Waals surface area (Å²) in [6.07, 6.45) is 7.65. The highest BCUT2D eigenvalue weighted by atomic mass is 16.5. The Kier molecular flexibility index (Phi) is 10.6. The molecule has 0 saturated carbocycles. The maximum absolute atomic E-state index is 12.3. The zero-order valence-corrected chi connectivity index (χ0v) is 20.7. The van der Waals surface area contributed by atoms with Crippen LogP contribution in [0.5, 0.6) is 11.5 Å². The van der Waals surface area contributed by atoms with Crippen LogP contribution < -0.4 is 20.3 Å². The molecule has 0 bridgehead atoms. The summed E-state index contributed by atoms with van der Waals surface area (Å²) in [7, 11) is 3.27. The Morgan fingerprint density at radius 1 is 0.706 bits per heavy atom. The van der Waals surface area contributed by atoms with Crippen LogP contribution >= 0.6 is 0 Å². The lowest BCUT2D eigenvalue weighted by Crippen LogP contribution is -2.31. The van der Waals surface area contributed by atoms with E-state index in [1.54, 1.807) is 14.2 Å². The third-order valence-electron chi connectivity index (χ3n) is 4.88. The lowest BCUT2D eigenvalue weighted by atomic mass is 10.1. The van der Waals surface area contributed by atoms with E-state index in [1.165, 1.54) is 0 Å². The Morgan fingerprint density at radius 3 is 1.35 bits per heavy atom. The van der Waals surface area contributed by atoms with Crippen LogP contribution in [0.15, 0.2) is 70.9 Å². The summed E-state index contributed by atoms with van der Waals surface area (Å²) >= 11 is 0. The van der Waals surface area contributed by atoms with Crippen molar-refractivity contribution in [2.24, 2.45) is 22.0 Å². The fraction of sp³-hybridized carbons (Fsp3) is 0.296. The Hall–Kier alpha value is -3.87. The maximum atomic E-state index is 12.3. The van der Waals surface area contributed by atoms with E-state index >= 15 is 0 Å². The molecule has 0 heterocycles. The molecular weight excluding hydrogens is 428 g/mol. The molecule has 2 aromatic carbocycles. The summed E-state index contributed by atoms with van der Waals surface area (Å²) in [6, 6.07) is 14.9. The fourth-order valence-electron chi connectivity index (χ4n) is 2.77. The predicted octanol–water partition coefficient (Wildman–Crippen LogP) is 5.75. The van der Waals surface area contributed by atoms with Gasteiger partial charge in [-0.2, -0.15) is 10.2 Å². The summed E-state index contributed by atoms with van der Waals surface area (Å²) in [5, 5.41) is 8.50. The second kappa shape index (κ2) is 13.6. The van der Waals surface area contributed by atoms with Crippen LogP contribution in [0.1, 0.15) is 38.8 Å². The van der Waals surface area contributed by atoms with Crippen LogP contribution in [-0.2, 0) is 0 Å². The van der Waals surface area contributed by atoms with Gasteiger partial charge in [-0.25, -0.2) is 15.6 Å². The first kappa shape index (κ1) is 26.4. The van der Waals surface area contributed by atoms with E-state index in [0.29, 0.717) is 0 Å². The van der Waals surface area contributed by atoms with Crippen LogP contribution in [0.4, 0.5) is 4.79 Å². The topological polar surface area (TPSA) is 84.3 Å². The molecule has 7 heteroatoms. The average Bonchev–Trinajstić information content (AvgIpc) is 2.84. The third kappa shape index (κ3) is 8.94. The smallest absolute Gasteiger partial charge is 0.355 e. The van der Waals surface area contributed by atoms with E-state index in [0.717, 1.165) is 34.0 Å². The number of nitrogens with zero attached hydrogens (tertiary/aromatic N) is 2. The highest BCUT2D eigenvalue weighted by Gasteiger charge is 2.06. The molecule has 0 spiro atoms. The molecule has 2 rings (SSSR count). The Morgan fingerprint density at radius 2 is 1.06 bits per heavy atom. The number of hydrazone groups is 2. The monoisotopic (exact) mass is 462 g/mol. The van der Waals surface area contributed by atoms with Crippen molar-refractivity contribution < 1.29 is 14.3 Å². The van der Waals surface area contributed by atoms with Crippen LogP contribution in [0, 0.1) is 11.8 Å². The van der Waals surface area contributed by atoms with E-state index in [-0.39, 0.29) is 11.8 Å². The fourth-order valence-corrected chi connectivity index (χ4v) is 2.77. The molecule has 0 fully saturated rings. The normalized spacial score (nSPS) is 12.6. The molecule has 180 valence electrons. The minimum atomic E-state index is -0.507. The lowest BCUT2D eigenvalue weighted by molar-refractivity contribution is 0.241. The van der Waals surface area contributed by atoms with E-state index in [2.05, 4.69) is 21.1 Å². The molecule has 34 heavy (non-hydrogen) atoms. The van der Waals surface area contributed by atoms with Crippen molar-refractivity contribution in [3.05, 3.63) is 71.8 Å². The largest absolute Gasteiger partial charge is 0.497 e. The van der Waals surface area contributed by atoms with Gasteiger partial charge in [0, 0.05) is 0 Å². The molecule has 0 radical (unpaired) electrons. The van der Waals surface area contributed by atoms with E-state index < -0.39 is 6.03 Å². The molecule has 0 saturated heterocycles. The van der Waals surface area contributed by atoms with E-state index in [4.69, 9.17) is 9.47 Å². The molecule has 0 aliphatic rings. The van der Waals surface area contributed by atoms with Crippen molar-refractivity contribution in [1.29, 1.82) is 0 Å². The highest BCUT2D eigenvalue weighted by molar-refractivity contribution is 6.01. The Bertz CT molecular complexity index is 951. The zero-order chi connectivity index (χ0) is 24.9. The quantitative estimate of drug-likeness (QED) is 0.348. The highest BCUT2D eigenvalue weighted by Crippen LogP contribution is 2.14. The standard InChI is InChI=1S/C27H34N4O3/c1-19(2)25(17-11-21-7-13-23(33-5)14-8-21)28-30-27(32)31-29-26(20(3)4)18-12-22-9-15-24(34-6)16-10-22/h7-20H,1-6H3,(H2,30,31,32)/b17-11-,18-12-,28-25-,29-26+. The summed E-state index contributed by atoms with van der Waals surface area (Å²) in [6.45, 7) is 8.04. The van der Waals surface area contributed by atoms with Crippen molar-refractivity contribution in [2.75, 3.05) is 14.2 Å². The number of carbonyl (C=O) groups is 1. The first-order valence-electron chi connectivity index (χ1n) is 11.2. The molecule has 0 aliphatic heterocycles. The molecule has 2 amide bonds. The van der Waals surface area contributed by atoms with Gasteiger partial charge in [0.15, 0.2) is 0 Å². The third-order valence-corrected chi connectivity index (χ3v) is 4.88. The molecule has 0 atom stereocenters. The number of allylic oxidation sites excluding steroid dienone is 2. The number of urea groups is 1. The zero-order valence-electron chi connectivity index (χ0n) is 20.7. The summed E-state index contributed by atoms with van der Waals surface area (Å²) in [5.74, 6) is 1.84. The number of rotatable bonds is 10. The second-order valence-electron chi connectivity index (χ2n) is 8.15. The minimum Gasteiger partial charge on any atom is -0.497 e. The molecule has 0 aromatic heterocycles. The molecular formula is C27H34N4O3. The van der Waals surface area contributed by atoms with Gasteiger partial charge in [0.1, 0.15) is 11.5 Å². The summed E-state index contributed by atoms with van der Waals surface area (Å²) in [4.78, 5) is 12.3. The van der Waals surface area contributed by atoms with Gasteiger partial charge in [0.05, 0.1) is 25.6 Å². The maximum Gasteiger partial charge on any atom is 0.355 e. The van der Waals surface area contributed by atoms with Gasteiger partial charge >= 0.3 is 6.03 Å². The number of carbonyl (C=O) groups excluding carboxylic acids is 1. The summed E-state index contributed by atoms with van der Waals surface area (Å²) in [5.41, 5.74) is 8.53. The van der Waals surface area contributed by atoms with Crippen molar-refractivity contribution >= 4 is 29.6 Å². The van der Waals surface area contributed by atoms with Gasteiger partial charge in [0.2, 0.25) is 0 Å². The van der Waals surface area contributed by atoms with Crippen molar-refractivity contribution in [1.82, 2.24) is 10.9 Å². The first-order chi connectivity index (χ1) is 16.3. The number of methoxy groups -OCH3 is 2. The molecule has 0 aliphatic carbocycles. The molecule has 2 N–H and O–H groups in total. The van der Waals surface area contributed by atoms with Crippen LogP contribution in [0.2, 0.25) is 0 Å². The van der Waals surface area contributed by atoms with E-state index in [1.807, 2.05) is 101 Å². The number of ether oxygens (including phenoxy) is 2. The minimum absolute atomic E-state index is 0.122. The SMILES string of the molecule is COc1ccc(/C=C\C(=N/NC(=O)N/N=C(/C=C\c2ccc(OC)cc2)C(C)C)C(C)C)cc1. The van der Waals surface area contributed by atoms with Crippen molar-refractivity contribution in [2.45, 2.75) is 27.7 Å². The Labute approximate surface area is 202 Å². The number of nitrogens with one attached hydrogen (secondary N) is 2. The first-order valence-corrected chi connectivity index (χ1v) is 11.2. The second-order valence-corrected chi connectivity index (χ2v) is 8.15. The van der Waals surface area contributed by atoms with Crippen LogP contribution in [0.3, 0.4) is 0 Å². The van der Waals surface area contributed by atoms with Crippen LogP contribution in [-0.4, -0.2) is 31.7 Å².